The molecule has 138 valence electrons. The van der Waals surface area contributed by atoms with Crippen LogP contribution in [0.15, 0.2) is 24.3 Å². The van der Waals surface area contributed by atoms with Crippen molar-refractivity contribution in [2.24, 2.45) is 0 Å². The number of aryl methyl sites for hydroxylation is 1. The number of benzene rings is 1. The molecule has 1 N–H and O–H groups in total. The highest BCUT2D eigenvalue weighted by Gasteiger charge is 2.40. The summed E-state index contributed by atoms with van der Waals surface area (Å²) >= 11 is 5.84. The number of piperidine rings is 1. The van der Waals surface area contributed by atoms with E-state index in [0.29, 0.717) is 24.8 Å². The minimum atomic E-state index is -0.457. The summed E-state index contributed by atoms with van der Waals surface area (Å²) < 4.78 is 24.9. The SMILES string of the molecule is Cc1cc(N2CCC3(CC2)OCCO3)nc(Nc2ccc(F)c(Cl)c2)n1. The van der Waals surface area contributed by atoms with Gasteiger partial charge in [0.2, 0.25) is 5.95 Å². The van der Waals surface area contributed by atoms with Crippen molar-refractivity contribution in [2.75, 3.05) is 36.5 Å². The number of nitrogens with zero attached hydrogens (tertiary/aromatic N) is 3. The second kappa shape index (κ2) is 6.98. The molecule has 2 fully saturated rings. The maximum Gasteiger partial charge on any atom is 0.229 e. The van der Waals surface area contributed by atoms with Crippen molar-refractivity contribution in [1.29, 1.82) is 0 Å². The molecule has 1 spiro atoms. The maximum absolute atomic E-state index is 13.3. The average molecular weight is 379 g/mol. The molecule has 0 radical (unpaired) electrons. The molecule has 26 heavy (non-hydrogen) atoms. The molecule has 0 amide bonds. The summed E-state index contributed by atoms with van der Waals surface area (Å²) in [6.07, 6.45) is 1.62. The van der Waals surface area contributed by atoms with E-state index in [1.807, 2.05) is 13.0 Å². The summed E-state index contributed by atoms with van der Waals surface area (Å²) in [5.41, 5.74) is 1.48. The van der Waals surface area contributed by atoms with Gasteiger partial charge in [0.15, 0.2) is 5.79 Å². The number of hydrogen-bond acceptors (Lipinski definition) is 6. The fourth-order valence-electron chi connectivity index (χ4n) is 3.34. The van der Waals surface area contributed by atoms with Gasteiger partial charge in [0, 0.05) is 43.4 Å². The van der Waals surface area contributed by atoms with Gasteiger partial charge in [-0.3, -0.25) is 0 Å². The fraction of sp³-hybridized carbons (Fsp3) is 0.444. The van der Waals surface area contributed by atoms with Crippen LogP contribution in [0.4, 0.5) is 21.8 Å². The van der Waals surface area contributed by atoms with Crippen molar-refractivity contribution < 1.29 is 13.9 Å². The number of anilines is 3. The lowest BCUT2D eigenvalue weighted by molar-refractivity contribution is -0.169. The predicted octanol–water partition coefficient (Wildman–Crippen LogP) is 3.66. The normalized spacial score (nSPS) is 19.1. The van der Waals surface area contributed by atoms with Crippen LogP contribution >= 0.6 is 11.6 Å². The second-order valence-corrected chi connectivity index (χ2v) is 6.95. The van der Waals surface area contributed by atoms with Crippen LogP contribution in [0.2, 0.25) is 5.02 Å². The minimum absolute atomic E-state index is 0.0563. The van der Waals surface area contributed by atoms with E-state index >= 15 is 0 Å². The first-order chi connectivity index (χ1) is 12.5. The Labute approximate surface area is 156 Å². The molecule has 2 aliphatic rings. The largest absolute Gasteiger partial charge is 0.356 e. The van der Waals surface area contributed by atoms with Gasteiger partial charge in [0.1, 0.15) is 11.6 Å². The highest BCUT2D eigenvalue weighted by molar-refractivity contribution is 6.31. The Balaban J connectivity index is 1.50. The lowest BCUT2D eigenvalue weighted by atomic mass is 10.0. The van der Waals surface area contributed by atoms with Crippen molar-refractivity contribution in [1.82, 2.24) is 9.97 Å². The third-order valence-electron chi connectivity index (χ3n) is 4.68. The number of nitrogens with one attached hydrogen (secondary N) is 1. The molecule has 6 nitrogen and oxygen atoms in total. The summed E-state index contributed by atoms with van der Waals surface area (Å²) in [6, 6.07) is 6.39. The monoisotopic (exact) mass is 378 g/mol. The third-order valence-corrected chi connectivity index (χ3v) is 4.97. The summed E-state index contributed by atoms with van der Waals surface area (Å²) in [5.74, 6) is 0.434. The van der Waals surface area contributed by atoms with E-state index in [-0.39, 0.29) is 5.02 Å². The molecule has 3 heterocycles. The van der Waals surface area contributed by atoms with E-state index in [4.69, 9.17) is 21.1 Å². The summed E-state index contributed by atoms with van der Waals surface area (Å²) in [6.45, 7) is 4.86. The Morgan fingerprint density at radius 2 is 1.88 bits per heavy atom. The van der Waals surface area contributed by atoms with Crippen LogP contribution in [0.1, 0.15) is 18.5 Å². The van der Waals surface area contributed by atoms with Crippen LogP contribution in [0.5, 0.6) is 0 Å². The van der Waals surface area contributed by atoms with Gasteiger partial charge in [-0.2, -0.15) is 4.98 Å². The Morgan fingerprint density at radius 1 is 1.15 bits per heavy atom. The molecule has 4 rings (SSSR count). The van der Waals surface area contributed by atoms with Gasteiger partial charge < -0.3 is 19.7 Å². The lowest BCUT2D eigenvalue weighted by Gasteiger charge is -2.38. The van der Waals surface area contributed by atoms with Crippen molar-refractivity contribution in [2.45, 2.75) is 25.6 Å². The molecule has 0 saturated carbocycles. The molecule has 8 heteroatoms. The van der Waals surface area contributed by atoms with Crippen LogP contribution in [0.3, 0.4) is 0 Å². The second-order valence-electron chi connectivity index (χ2n) is 6.54. The van der Waals surface area contributed by atoms with E-state index in [1.54, 1.807) is 6.07 Å². The first kappa shape index (κ1) is 17.5. The Bertz CT molecular complexity index is 804. The zero-order valence-electron chi connectivity index (χ0n) is 14.5. The van der Waals surface area contributed by atoms with Gasteiger partial charge in [-0.1, -0.05) is 11.6 Å². The maximum atomic E-state index is 13.3. The van der Waals surface area contributed by atoms with Crippen LogP contribution in [0, 0.1) is 12.7 Å². The number of aromatic nitrogens is 2. The summed E-state index contributed by atoms with van der Waals surface area (Å²) in [7, 11) is 0. The zero-order chi connectivity index (χ0) is 18.1. The molecular weight excluding hydrogens is 359 g/mol. The molecule has 2 aromatic rings. The van der Waals surface area contributed by atoms with Crippen molar-refractivity contribution in [3.8, 4) is 0 Å². The molecule has 2 saturated heterocycles. The molecule has 2 aliphatic heterocycles. The van der Waals surface area contributed by atoms with Crippen molar-refractivity contribution in [3.63, 3.8) is 0 Å². The topological polar surface area (TPSA) is 59.5 Å². The summed E-state index contributed by atoms with van der Waals surface area (Å²) in [5, 5.41) is 3.15. The Morgan fingerprint density at radius 3 is 2.58 bits per heavy atom. The van der Waals surface area contributed by atoms with Gasteiger partial charge in [0.05, 0.1) is 18.2 Å². The van der Waals surface area contributed by atoms with E-state index < -0.39 is 11.6 Å². The molecule has 0 unspecified atom stereocenters. The quantitative estimate of drug-likeness (QED) is 0.879. The van der Waals surface area contributed by atoms with E-state index in [1.165, 1.54) is 12.1 Å². The first-order valence-electron chi connectivity index (χ1n) is 8.64. The van der Waals surface area contributed by atoms with E-state index in [2.05, 4.69) is 20.2 Å². The minimum Gasteiger partial charge on any atom is -0.356 e. The summed E-state index contributed by atoms with van der Waals surface area (Å²) in [4.78, 5) is 11.2. The molecule has 0 bridgehead atoms. The number of rotatable bonds is 3. The molecule has 1 aromatic heterocycles. The molecule has 1 aromatic carbocycles. The van der Waals surface area contributed by atoms with E-state index in [0.717, 1.165) is 37.4 Å². The van der Waals surface area contributed by atoms with E-state index in [9.17, 15) is 4.39 Å². The molecular formula is C18H20ClFN4O2. The van der Waals surface area contributed by atoms with Gasteiger partial charge in [-0.05, 0) is 25.1 Å². The standard InChI is InChI=1S/C18H20ClFN4O2/c1-12-10-16(24-6-4-18(5-7-24)25-8-9-26-18)23-17(21-12)22-13-2-3-15(20)14(19)11-13/h2-3,10-11H,4-9H2,1H3,(H,21,22,23). The Kier molecular flexibility index (Phi) is 4.69. The number of hydrogen-bond donors (Lipinski definition) is 1. The van der Waals surface area contributed by atoms with Gasteiger partial charge >= 0.3 is 0 Å². The third kappa shape index (κ3) is 3.60. The smallest absolute Gasteiger partial charge is 0.229 e. The van der Waals surface area contributed by atoms with Gasteiger partial charge in [0.25, 0.3) is 0 Å². The fourth-order valence-corrected chi connectivity index (χ4v) is 3.52. The van der Waals surface area contributed by atoms with Crippen molar-refractivity contribution >= 4 is 29.1 Å². The van der Waals surface area contributed by atoms with Crippen LogP contribution in [-0.2, 0) is 9.47 Å². The average Bonchev–Trinajstić information content (AvgIpc) is 3.06. The first-order valence-corrected chi connectivity index (χ1v) is 9.01. The zero-order valence-corrected chi connectivity index (χ0v) is 15.2. The highest BCUT2D eigenvalue weighted by Crippen LogP contribution is 2.33. The predicted molar refractivity (Wildman–Crippen MR) is 97.5 cm³/mol. The van der Waals surface area contributed by atoms with Crippen molar-refractivity contribution in [3.05, 3.63) is 40.8 Å². The Hall–Kier alpha value is -1.96. The highest BCUT2D eigenvalue weighted by atomic mass is 35.5. The van der Waals surface area contributed by atoms with Crippen LogP contribution in [0.25, 0.3) is 0 Å². The number of ether oxygens (including phenoxy) is 2. The lowest BCUT2D eigenvalue weighted by Crippen LogP contribution is -2.45. The number of halogens is 2. The van der Waals surface area contributed by atoms with Gasteiger partial charge in [-0.25, -0.2) is 9.37 Å². The molecule has 0 atom stereocenters. The molecule has 0 aliphatic carbocycles. The van der Waals surface area contributed by atoms with Gasteiger partial charge in [-0.15, -0.1) is 0 Å². The van der Waals surface area contributed by atoms with Crippen LogP contribution < -0.4 is 10.2 Å². The van der Waals surface area contributed by atoms with Crippen LogP contribution in [-0.4, -0.2) is 42.1 Å².